The molecule has 18 heavy (non-hydrogen) atoms. The molecule has 1 aromatic heterocycles. The van der Waals surface area contributed by atoms with Crippen LogP contribution in [0.5, 0.6) is 5.75 Å². The molecule has 0 bridgehead atoms. The lowest BCUT2D eigenvalue weighted by Gasteiger charge is -2.07. The maximum Gasteiger partial charge on any atom is 0.278 e. The lowest BCUT2D eigenvalue weighted by molar-refractivity contribution is 0.471. The Morgan fingerprint density at radius 1 is 1.56 bits per heavy atom. The number of anilines is 2. The normalized spacial score (nSPS) is 10.1. The molecule has 5 nitrogen and oxygen atoms in total. The van der Waals surface area contributed by atoms with Crippen LogP contribution in [0.1, 0.15) is 11.1 Å². The number of rotatable bonds is 2. The highest BCUT2D eigenvalue weighted by Gasteiger charge is 2.11. The summed E-state index contributed by atoms with van der Waals surface area (Å²) in [6.45, 7) is 1.71. The second-order valence-electron chi connectivity index (χ2n) is 3.60. The molecule has 92 valence electrons. The number of nitriles is 1. The van der Waals surface area contributed by atoms with Gasteiger partial charge in [0.1, 0.15) is 16.8 Å². The van der Waals surface area contributed by atoms with Crippen LogP contribution < -0.4 is 10.9 Å². The van der Waals surface area contributed by atoms with E-state index in [2.05, 4.69) is 9.69 Å². The Labute approximate surface area is 111 Å². The van der Waals surface area contributed by atoms with Crippen LogP contribution in [-0.2, 0) is 0 Å². The predicted molar refractivity (Wildman–Crippen MR) is 70.8 cm³/mol. The van der Waals surface area contributed by atoms with E-state index in [-0.39, 0.29) is 16.3 Å². The molecule has 0 saturated heterocycles. The van der Waals surface area contributed by atoms with Gasteiger partial charge in [0, 0.05) is 5.69 Å². The Morgan fingerprint density at radius 3 is 2.89 bits per heavy atom. The van der Waals surface area contributed by atoms with E-state index < -0.39 is 5.56 Å². The zero-order valence-corrected chi connectivity index (χ0v) is 10.8. The number of phenols is 1. The molecule has 0 amide bonds. The summed E-state index contributed by atoms with van der Waals surface area (Å²) < 4.78 is 2.47. The fraction of sp³-hybridized carbons (Fsp3) is 0.0909. The maximum absolute atomic E-state index is 11.3. The van der Waals surface area contributed by atoms with Crippen LogP contribution >= 0.6 is 23.1 Å². The van der Waals surface area contributed by atoms with Crippen molar-refractivity contribution >= 4 is 33.8 Å². The highest BCUT2D eigenvalue weighted by Crippen LogP contribution is 2.32. The molecule has 0 fully saturated rings. The van der Waals surface area contributed by atoms with Gasteiger partial charge in [0.05, 0.1) is 5.02 Å². The molecule has 0 aliphatic rings. The number of nitrogens with one attached hydrogen (secondary N) is 2. The minimum atomic E-state index is -0.424. The first kappa shape index (κ1) is 12.5. The molecule has 0 aliphatic carbocycles. The third kappa shape index (κ3) is 2.18. The number of phenolic OH excluding ortho intramolecular Hbond substituents is 1. The fourth-order valence-electron chi connectivity index (χ4n) is 1.43. The molecule has 1 heterocycles. The average molecular weight is 282 g/mol. The zero-order valence-electron chi connectivity index (χ0n) is 9.24. The summed E-state index contributed by atoms with van der Waals surface area (Å²) in [4.78, 5) is 11.3. The number of benzene rings is 1. The minimum Gasteiger partial charge on any atom is -0.506 e. The highest BCUT2D eigenvalue weighted by atomic mass is 35.5. The van der Waals surface area contributed by atoms with Gasteiger partial charge in [0.2, 0.25) is 0 Å². The predicted octanol–water partition coefficient (Wildman–Crippen LogP) is 2.72. The summed E-state index contributed by atoms with van der Waals surface area (Å²) in [5.41, 5.74) is 0.807. The number of hydrogen-bond donors (Lipinski definition) is 3. The van der Waals surface area contributed by atoms with Gasteiger partial charge in [0.25, 0.3) is 5.56 Å². The summed E-state index contributed by atoms with van der Waals surface area (Å²) in [5.74, 6) is 0.0185. The van der Waals surface area contributed by atoms with Crippen molar-refractivity contribution in [2.75, 3.05) is 5.32 Å². The molecule has 0 aliphatic heterocycles. The summed E-state index contributed by atoms with van der Waals surface area (Å²) in [6, 6.07) is 5.02. The summed E-state index contributed by atoms with van der Waals surface area (Å²) >= 11 is 6.88. The molecule has 7 heteroatoms. The van der Waals surface area contributed by atoms with Gasteiger partial charge in [-0.05, 0) is 36.2 Å². The number of halogens is 1. The minimum absolute atomic E-state index is 0.0185. The van der Waals surface area contributed by atoms with Crippen molar-refractivity contribution in [3.8, 4) is 11.8 Å². The van der Waals surface area contributed by atoms with Crippen LogP contribution in [0.2, 0.25) is 5.02 Å². The molecule has 0 radical (unpaired) electrons. The van der Waals surface area contributed by atoms with Gasteiger partial charge in [-0.15, -0.1) is 0 Å². The third-order valence-electron chi connectivity index (χ3n) is 2.32. The van der Waals surface area contributed by atoms with E-state index in [1.54, 1.807) is 13.0 Å². The van der Waals surface area contributed by atoms with Crippen LogP contribution in [0.3, 0.4) is 0 Å². The Kier molecular flexibility index (Phi) is 3.28. The van der Waals surface area contributed by atoms with Gasteiger partial charge in [-0.1, -0.05) is 11.6 Å². The fourth-order valence-corrected chi connectivity index (χ4v) is 2.40. The van der Waals surface area contributed by atoms with Gasteiger partial charge >= 0.3 is 0 Å². The number of nitrogens with zero attached hydrogens (tertiary/aromatic N) is 1. The number of H-pyrrole nitrogens is 1. The van der Waals surface area contributed by atoms with E-state index in [9.17, 15) is 9.90 Å². The van der Waals surface area contributed by atoms with Gasteiger partial charge in [-0.2, -0.15) is 5.26 Å². The summed E-state index contributed by atoms with van der Waals surface area (Å²) in [7, 11) is 0. The Hall–Kier alpha value is -1.97. The molecule has 0 atom stereocenters. The smallest absolute Gasteiger partial charge is 0.278 e. The molecule has 0 saturated carbocycles. The van der Waals surface area contributed by atoms with E-state index in [1.807, 2.05) is 6.07 Å². The van der Waals surface area contributed by atoms with Crippen molar-refractivity contribution in [3.63, 3.8) is 0 Å². The topological polar surface area (TPSA) is 88.9 Å². The Bertz CT molecular complexity index is 676. The monoisotopic (exact) mass is 281 g/mol. The largest absolute Gasteiger partial charge is 0.506 e. The van der Waals surface area contributed by atoms with Crippen LogP contribution in [0, 0.1) is 18.3 Å². The third-order valence-corrected chi connectivity index (χ3v) is 3.41. The van der Waals surface area contributed by atoms with Crippen molar-refractivity contribution in [2.45, 2.75) is 6.92 Å². The number of aromatic hydroxyl groups is 1. The second-order valence-corrected chi connectivity index (χ2v) is 4.82. The number of aryl methyl sites for hydroxylation is 1. The highest BCUT2D eigenvalue weighted by molar-refractivity contribution is 7.10. The quantitative estimate of drug-likeness (QED) is 0.739. The Morgan fingerprint density at radius 2 is 2.28 bits per heavy atom. The SMILES string of the molecule is Cc1cc(Nc2s[nH]c(=O)c2C#N)cc(Cl)c1O. The van der Waals surface area contributed by atoms with Gasteiger partial charge < -0.3 is 10.4 Å². The zero-order chi connectivity index (χ0) is 13.3. The first-order valence-corrected chi connectivity index (χ1v) is 6.10. The van der Waals surface area contributed by atoms with E-state index in [0.29, 0.717) is 16.3 Å². The molecular formula is C11H8ClN3O2S. The van der Waals surface area contributed by atoms with Crippen molar-refractivity contribution in [1.82, 2.24) is 4.37 Å². The number of hydrogen-bond acceptors (Lipinski definition) is 5. The number of aromatic amines is 1. The van der Waals surface area contributed by atoms with Crippen molar-refractivity contribution < 1.29 is 5.11 Å². The van der Waals surface area contributed by atoms with Gasteiger partial charge in [-0.25, -0.2) is 0 Å². The first-order valence-electron chi connectivity index (χ1n) is 4.90. The molecule has 3 N–H and O–H groups in total. The Balaban J connectivity index is 2.41. The molecular weight excluding hydrogens is 274 g/mol. The maximum atomic E-state index is 11.3. The van der Waals surface area contributed by atoms with E-state index >= 15 is 0 Å². The van der Waals surface area contributed by atoms with E-state index in [4.69, 9.17) is 16.9 Å². The van der Waals surface area contributed by atoms with Gasteiger partial charge in [0.15, 0.2) is 5.56 Å². The van der Waals surface area contributed by atoms with Crippen molar-refractivity contribution in [3.05, 3.63) is 38.6 Å². The molecule has 0 unspecified atom stereocenters. The lowest BCUT2D eigenvalue weighted by atomic mass is 10.2. The van der Waals surface area contributed by atoms with Crippen molar-refractivity contribution in [2.24, 2.45) is 0 Å². The number of aromatic nitrogens is 1. The van der Waals surface area contributed by atoms with Gasteiger partial charge in [-0.3, -0.25) is 9.17 Å². The average Bonchev–Trinajstić information content (AvgIpc) is 2.66. The van der Waals surface area contributed by atoms with E-state index in [0.717, 1.165) is 11.5 Å². The van der Waals surface area contributed by atoms with Crippen LogP contribution in [0.4, 0.5) is 10.7 Å². The lowest BCUT2D eigenvalue weighted by Crippen LogP contribution is -2.02. The molecule has 2 aromatic rings. The molecule has 1 aromatic carbocycles. The van der Waals surface area contributed by atoms with Crippen LogP contribution in [-0.4, -0.2) is 9.48 Å². The summed E-state index contributed by atoms with van der Waals surface area (Å²) in [5, 5.41) is 21.9. The van der Waals surface area contributed by atoms with E-state index in [1.165, 1.54) is 6.07 Å². The van der Waals surface area contributed by atoms with Crippen LogP contribution in [0.15, 0.2) is 16.9 Å². The first-order chi connectivity index (χ1) is 8.52. The summed E-state index contributed by atoms with van der Waals surface area (Å²) in [6.07, 6.45) is 0. The molecule has 0 spiro atoms. The van der Waals surface area contributed by atoms with Crippen molar-refractivity contribution in [1.29, 1.82) is 5.26 Å². The standard InChI is InChI=1S/C11H8ClN3O2S/c1-5-2-6(3-8(12)9(5)16)14-11-7(4-13)10(17)15-18-11/h2-3,14,16H,1H3,(H,15,17). The second kappa shape index (κ2) is 4.72. The molecule has 2 rings (SSSR count). The van der Waals surface area contributed by atoms with Crippen LogP contribution in [0.25, 0.3) is 0 Å².